The van der Waals surface area contributed by atoms with Crippen LogP contribution in [0.4, 0.5) is 11.4 Å². The molecule has 0 amide bonds. The number of ether oxygens (including phenoxy) is 1. The predicted octanol–water partition coefficient (Wildman–Crippen LogP) is 13.9. The Morgan fingerprint density at radius 2 is 1.12 bits per heavy atom. The summed E-state index contributed by atoms with van der Waals surface area (Å²) in [4.78, 5) is 9.60. The molecule has 0 radical (unpaired) electrons. The normalized spacial score (nSPS) is 13.3. The molecule has 1 aliphatic rings. The van der Waals surface area contributed by atoms with Gasteiger partial charge in [0.1, 0.15) is 17.3 Å². The molecular weight excluding hydrogens is 735 g/mol. The molecule has 0 aliphatic carbocycles. The van der Waals surface area contributed by atoms with E-state index in [9.17, 15) is 0 Å². The molecule has 0 N–H and O–H groups in total. The highest BCUT2D eigenvalue weighted by Crippen LogP contribution is 2.43. The van der Waals surface area contributed by atoms with Gasteiger partial charge in [-0.25, -0.2) is 4.98 Å². The Morgan fingerprint density at radius 1 is 0.467 bits per heavy atom. The van der Waals surface area contributed by atoms with E-state index >= 15 is 0 Å². The maximum Gasteiger partial charge on any atom is 0.137 e. The lowest BCUT2D eigenvalue weighted by molar-refractivity contribution is 0.483. The van der Waals surface area contributed by atoms with Crippen molar-refractivity contribution in [3.05, 3.63) is 187 Å². The van der Waals surface area contributed by atoms with E-state index in [2.05, 4.69) is 231 Å². The van der Waals surface area contributed by atoms with Gasteiger partial charge in [-0.3, -0.25) is 4.57 Å². The lowest BCUT2D eigenvalue weighted by Gasteiger charge is -2.24. The molecule has 0 fully saturated rings. The zero-order valence-electron chi connectivity index (χ0n) is 35.1. The van der Waals surface area contributed by atoms with Crippen LogP contribution in [0.3, 0.4) is 0 Å². The van der Waals surface area contributed by atoms with Crippen molar-refractivity contribution in [3.63, 3.8) is 0 Å². The van der Waals surface area contributed by atoms with Crippen molar-refractivity contribution >= 4 is 44.2 Å². The summed E-state index contributed by atoms with van der Waals surface area (Å²) in [7, 11) is 0. The number of hydrogen-bond acceptors (Lipinski definition) is 4. The summed E-state index contributed by atoms with van der Waals surface area (Å²) in [6, 6.07) is 56.2. The van der Waals surface area contributed by atoms with Crippen LogP contribution in [0.25, 0.3) is 55.5 Å². The summed E-state index contributed by atoms with van der Waals surface area (Å²) in [5.41, 5.74) is 12.6. The van der Waals surface area contributed by atoms with Crippen molar-refractivity contribution < 1.29 is 4.74 Å². The van der Waals surface area contributed by atoms with Gasteiger partial charge in [0, 0.05) is 58.6 Å². The third-order valence-corrected chi connectivity index (χ3v) is 11.8. The molecule has 60 heavy (non-hydrogen) atoms. The highest BCUT2D eigenvalue weighted by molar-refractivity contribution is 6.20. The molecule has 296 valence electrons. The van der Waals surface area contributed by atoms with Crippen LogP contribution in [0.2, 0.25) is 0 Å². The number of rotatable bonds is 7. The van der Waals surface area contributed by atoms with E-state index in [1.807, 2.05) is 6.20 Å². The fourth-order valence-electron chi connectivity index (χ4n) is 8.52. The zero-order chi connectivity index (χ0) is 41.2. The molecule has 9 aromatic rings. The molecule has 6 aromatic carbocycles. The van der Waals surface area contributed by atoms with Crippen molar-refractivity contribution in [3.8, 4) is 34.1 Å². The van der Waals surface area contributed by atoms with Gasteiger partial charge >= 0.3 is 0 Å². The first-order valence-corrected chi connectivity index (χ1v) is 20.8. The van der Waals surface area contributed by atoms with E-state index in [1.165, 1.54) is 11.1 Å². The molecule has 6 nitrogen and oxygen atoms in total. The number of pyridine rings is 1. The van der Waals surface area contributed by atoms with Crippen LogP contribution in [0.5, 0.6) is 11.5 Å². The van der Waals surface area contributed by atoms with Crippen molar-refractivity contribution in [2.45, 2.75) is 52.4 Å². The highest BCUT2D eigenvalue weighted by atomic mass is 16.5. The lowest BCUT2D eigenvalue weighted by Crippen LogP contribution is -2.24. The molecule has 10 rings (SSSR count). The predicted molar refractivity (Wildman–Crippen MR) is 250 cm³/mol. The quantitative estimate of drug-likeness (QED) is 0.161. The monoisotopic (exact) mass is 783 g/mol. The molecule has 6 heteroatoms. The second-order valence-corrected chi connectivity index (χ2v) is 17.9. The van der Waals surface area contributed by atoms with Crippen molar-refractivity contribution in [1.82, 2.24) is 14.1 Å². The molecule has 1 aliphatic heterocycles. The number of aromatic nitrogens is 3. The van der Waals surface area contributed by atoms with E-state index in [0.29, 0.717) is 6.67 Å². The molecule has 4 heterocycles. The van der Waals surface area contributed by atoms with Gasteiger partial charge in [-0.1, -0.05) is 120 Å². The van der Waals surface area contributed by atoms with E-state index in [0.717, 1.165) is 78.3 Å². The van der Waals surface area contributed by atoms with Crippen LogP contribution < -0.4 is 14.5 Å². The number of hydrogen-bond donors (Lipinski definition) is 0. The lowest BCUT2D eigenvalue weighted by atomic mass is 9.87. The van der Waals surface area contributed by atoms with E-state index in [-0.39, 0.29) is 10.8 Å². The Bertz CT molecular complexity index is 3050. The molecule has 0 unspecified atom stereocenters. The minimum absolute atomic E-state index is 0.0496. The van der Waals surface area contributed by atoms with Crippen LogP contribution >= 0.6 is 0 Å². The van der Waals surface area contributed by atoms with Crippen LogP contribution in [-0.2, 0) is 10.8 Å². The minimum Gasteiger partial charge on any atom is -0.457 e. The van der Waals surface area contributed by atoms with Crippen molar-refractivity contribution in [2.24, 2.45) is 0 Å². The fourth-order valence-corrected chi connectivity index (χ4v) is 8.52. The highest BCUT2D eigenvalue weighted by Gasteiger charge is 2.25. The molecule has 0 spiro atoms. The number of benzene rings is 6. The maximum atomic E-state index is 6.94. The maximum absolute atomic E-state index is 6.94. The van der Waals surface area contributed by atoms with E-state index < -0.39 is 0 Å². The smallest absolute Gasteiger partial charge is 0.137 e. The Hall–Kier alpha value is -7.05. The molecule has 0 saturated carbocycles. The largest absolute Gasteiger partial charge is 0.457 e. The number of para-hydroxylation sites is 2. The molecule has 0 atom stereocenters. The van der Waals surface area contributed by atoms with Crippen molar-refractivity contribution in [2.75, 3.05) is 16.5 Å². The van der Waals surface area contributed by atoms with Gasteiger partial charge in [0.15, 0.2) is 0 Å². The third-order valence-electron chi connectivity index (χ3n) is 11.8. The summed E-state index contributed by atoms with van der Waals surface area (Å²) >= 11 is 0. The first-order chi connectivity index (χ1) is 29.0. The fraction of sp³-hybridized carbons (Fsp3) is 0.167. The first kappa shape index (κ1) is 37.2. The van der Waals surface area contributed by atoms with Crippen LogP contribution in [0, 0.1) is 0 Å². The summed E-state index contributed by atoms with van der Waals surface area (Å²) in [6.07, 6.45) is 6.25. The summed E-state index contributed by atoms with van der Waals surface area (Å²) in [5, 5.41) is 2.29. The second kappa shape index (κ2) is 14.3. The number of anilines is 2. The number of nitrogens with zero attached hydrogens (tertiary/aromatic N) is 5. The Balaban J connectivity index is 1.10. The van der Waals surface area contributed by atoms with E-state index in [1.54, 1.807) is 0 Å². The van der Waals surface area contributed by atoms with Gasteiger partial charge in [0.05, 0.1) is 28.7 Å². The zero-order valence-corrected chi connectivity index (χ0v) is 35.1. The van der Waals surface area contributed by atoms with Crippen molar-refractivity contribution in [1.29, 1.82) is 0 Å². The summed E-state index contributed by atoms with van der Waals surface area (Å²) in [6.45, 7) is 14.2. The van der Waals surface area contributed by atoms with Gasteiger partial charge in [0.2, 0.25) is 0 Å². The third kappa shape index (κ3) is 6.68. The molecule has 3 aromatic heterocycles. The van der Waals surface area contributed by atoms with Crippen LogP contribution in [0.15, 0.2) is 176 Å². The minimum atomic E-state index is -0.0496. The average molecular weight is 784 g/mol. The van der Waals surface area contributed by atoms with Crippen LogP contribution in [0.1, 0.15) is 52.7 Å². The van der Waals surface area contributed by atoms with Gasteiger partial charge in [-0.2, -0.15) is 0 Å². The Labute approximate surface area is 352 Å². The van der Waals surface area contributed by atoms with Gasteiger partial charge in [-0.05, 0) is 99.8 Å². The molecule has 0 saturated heterocycles. The molecule has 0 bridgehead atoms. The Morgan fingerprint density at radius 3 is 1.85 bits per heavy atom. The molecular formula is C54H49N5O. The summed E-state index contributed by atoms with van der Waals surface area (Å²) < 4.78 is 11.7. The van der Waals surface area contributed by atoms with Gasteiger partial charge < -0.3 is 19.1 Å². The van der Waals surface area contributed by atoms with Crippen LogP contribution in [-0.4, -0.2) is 20.8 Å². The first-order valence-electron chi connectivity index (χ1n) is 20.8. The van der Waals surface area contributed by atoms with Gasteiger partial charge in [-0.15, -0.1) is 0 Å². The number of fused-ring (bicyclic) bond motifs is 5. The standard InChI is InChI=1S/C54H49N5O/c1-53(2,3)39-21-23-41(24-22-39)56-29-30-57(36-56)43-31-38(37-15-9-7-10-16-37)32-45(34-43)60-44-25-26-47-49(35-44)59(50-33-40(27-28-55-50)54(4,5)6)52-46-19-13-14-20-48(46)58(51(47)52)42-17-11-8-12-18-42/h7-35H,36H2,1-6H3. The SMILES string of the molecule is CC(C)(C)c1ccc(N2C=CN(c3cc(Oc4ccc5c(c4)n(-c4cc(C(C)(C)C)ccn4)c4c6ccccc6n(-c6ccccc6)c54)cc(-c4ccccc4)c3)C2)cc1. The average Bonchev–Trinajstić information content (AvgIpc) is 3.97. The topological polar surface area (TPSA) is 38.5 Å². The Kier molecular flexibility index (Phi) is 8.90. The second-order valence-electron chi connectivity index (χ2n) is 17.9. The van der Waals surface area contributed by atoms with Gasteiger partial charge in [0.25, 0.3) is 0 Å². The summed E-state index contributed by atoms with van der Waals surface area (Å²) in [5.74, 6) is 2.39. The van der Waals surface area contributed by atoms with E-state index in [4.69, 9.17) is 9.72 Å².